The van der Waals surface area contributed by atoms with E-state index in [-0.39, 0.29) is 22.8 Å². The highest BCUT2D eigenvalue weighted by atomic mass is 32.2. The molecule has 3 aromatic carbocycles. The van der Waals surface area contributed by atoms with Gasteiger partial charge >= 0.3 is 5.13 Å². The standard InChI is InChI=1S/C24H21N5O8S3/c1-4-37-16-7-9-18-20(13-16)38-24(25-18)29-27-23(17-8-5-14(2)11-21(17)39(30,31)32)26-28(29)15-6-10-19(36-3)22(12-15)40(33,34)35/h5-13H,4H2,1-3H3,(H-,30,31,32,33,34,35)/p+1. The van der Waals surface area contributed by atoms with E-state index in [2.05, 4.69) is 15.2 Å². The second kappa shape index (κ2) is 10.2. The number of aryl methyl sites for hydroxylation is 1. The molecule has 2 N–H and O–H groups in total. The molecule has 0 atom stereocenters. The molecule has 0 aliphatic rings. The molecule has 0 spiro atoms. The molecule has 0 aliphatic carbocycles. The Labute approximate surface area is 232 Å². The third-order valence-electron chi connectivity index (χ3n) is 5.70. The lowest BCUT2D eigenvalue weighted by Gasteiger charge is -2.07. The number of fused-ring (bicyclic) bond motifs is 1. The molecule has 0 saturated carbocycles. The van der Waals surface area contributed by atoms with Crippen LogP contribution >= 0.6 is 11.3 Å². The average Bonchev–Trinajstić information content (AvgIpc) is 3.52. The Bertz CT molecular complexity index is 1990. The van der Waals surface area contributed by atoms with Gasteiger partial charge in [0.2, 0.25) is 0 Å². The van der Waals surface area contributed by atoms with Crippen LogP contribution in [0, 0.1) is 6.92 Å². The van der Waals surface area contributed by atoms with E-state index >= 15 is 0 Å². The van der Waals surface area contributed by atoms with Gasteiger partial charge in [0.05, 0.1) is 24.0 Å². The lowest BCUT2D eigenvalue weighted by Crippen LogP contribution is -2.43. The Morgan fingerprint density at radius 3 is 2.40 bits per heavy atom. The van der Waals surface area contributed by atoms with Crippen LogP contribution in [0.5, 0.6) is 11.5 Å². The average molecular weight is 605 g/mol. The molecule has 0 saturated heterocycles. The van der Waals surface area contributed by atoms with E-state index in [9.17, 15) is 25.9 Å². The smallest absolute Gasteiger partial charge is 0.365 e. The molecule has 0 aliphatic heterocycles. The molecule has 0 amide bonds. The Morgan fingerprint density at radius 1 is 0.975 bits per heavy atom. The first-order valence-electron chi connectivity index (χ1n) is 11.6. The molecule has 2 aromatic heterocycles. The van der Waals surface area contributed by atoms with Crippen molar-refractivity contribution in [1.29, 1.82) is 0 Å². The molecule has 0 unspecified atom stereocenters. The monoisotopic (exact) mass is 604 g/mol. The van der Waals surface area contributed by atoms with Crippen molar-refractivity contribution in [1.82, 2.24) is 20.0 Å². The van der Waals surface area contributed by atoms with Gasteiger partial charge in [-0.1, -0.05) is 22.4 Å². The zero-order valence-electron chi connectivity index (χ0n) is 21.2. The number of methoxy groups -OCH3 is 1. The zero-order chi connectivity index (χ0) is 28.8. The molecule has 40 heavy (non-hydrogen) atoms. The minimum atomic E-state index is -4.70. The molecule has 2 heterocycles. The molecule has 5 aromatic rings. The van der Waals surface area contributed by atoms with E-state index in [1.165, 1.54) is 52.3 Å². The molecular formula is C24H22N5O8S3+. The summed E-state index contributed by atoms with van der Waals surface area (Å²) in [7, 11) is -8.10. The second-order valence-electron chi connectivity index (χ2n) is 8.45. The van der Waals surface area contributed by atoms with Crippen molar-refractivity contribution in [2.45, 2.75) is 23.6 Å². The second-order valence-corrected chi connectivity index (χ2v) is 12.2. The third kappa shape index (κ3) is 5.26. The number of thiazole rings is 1. The Morgan fingerprint density at radius 2 is 1.73 bits per heavy atom. The van der Waals surface area contributed by atoms with Crippen LogP contribution in [0.3, 0.4) is 0 Å². The largest absolute Gasteiger partial charge is 0.495 e. The summed E-state index contributed by atoms with van der Waals surface area (Å²) in [6, 6.07) is 13.6. The van der Waals surface area contributed by atoms with Gasteiger partial charge in [0.15, 0.2) is 5.52 Å². The quantitative estimate of drug-likeness (QED) is 0.197. The third-order valence-corrected chi connectivity index (χ3v) is 8.45. The number of rotatable bonds is 8. The fourth-order valence-corrected chi connectivity index (χ4v) is 6.32. The van der Waals surface area contributed by atoms with E-state index < -0.39 is 30.0 Å². The predicted molar refractivity (Wildman–Crippen MR) is 144 cm³/mol. The maximum Gasteiger partial charge on any atom is 0.365 e. The van der Waals surface area contributed by atoms with E-state index in [1.54, 1.807) is 25.1 Å². The van der Waals surface area contributed by atoms with Gasteiger partial charge in [-0.25, -0.2) is 0 Å². The summed E-state index contributed by atoms with van der Waals surface area (Å²) in [5.74, 6) is 0.433. The summed E-state index contributed by atoms with van der Waals surface area (Å²) in [5.41, 5.74) is 1.33. The summed E-state index contributed by atoms with van der Waals surface area (Å²) < 4.78 is 79.6. The lowest BCUT2D eigenvalue weighted by molar-refractivity contribution is -0.734. The van der Waals surface area contributed by atoms with Crippen LogP contribution in [-0.4, -0.2) is 59.6 Å². The first-order valence-corrected chi connectivity index (χ1v) is 15.3. The number of benzene rings is 3. The first kappa shape index (κ1) is 27.6. The Hall–Kier alpha value is -3.96. The Kier molecular flexibility index (Phi) is 7.05. The van der Waals surface area contributed by atoms with E-state index in [1.807, 2.05) is 13.0 Å². The van der Waals surface area contributed by atoms with Gasteiger partial charge in [-0.15, -0.1) is 0 Å². The molecule has 16 heteroatoms. The molecular weight excluding hydrogens is 582 g/mol. The number of tetrazole rings is 1. The van der Waals surface area contributed by atoms with E-state index in [4.69, 9.17) is 9.47 Å². The van der Waals surface area contributed by atoms with Crippen LogP contribution in [0.1, 0.15) is 12.5 Å². The highest BCUT2D eigenvalue weighted by Crippen LogP contribution is 2.30. The minimum absolute atomic E-state index is 0.00357. The summed E-state index contributed by atoms with van der Waals surface area (Å²) in [4.78, 5) is 6.13. The number of hydrogen-bond donors (Lipinski definition) is 2. The van der Waals surface area contributed by atoms with Crippen molar-refractivity contribution in [2.24, 2.45) is 0 Å². The van der Waals surface area contributed by atoms with Crippen molar-refractivity contribution < 1.29 is 40.2 Å². The molecule has 0 fully saturated rings. The highest BCUT2D eigenvalue weighted by molar-refractivity contribution is 7.86. The van der Waals surface area contributed by atoms with Crippen LogP contribution in [0.2, 0.25) is 0 Å². The number of hydrogen-bond acceptors (Lipinski definition) is 10. The maximum atomic E-state index is 12.2. The van der Waals surface area contributed by atoms with Crippen LogP contribution in [0.4, 0.5) is 0 Å². The normalized spacial score (nSPS) is 12.1. The first-order chi connectivity index (χ1) is 18.9. The molecule has 13 nitrogen and oxygen atoms in total. The maximum absolute atomic E-state index is 12.2. The van der Waals surface area contributed by atoms with Crippen molar-refractivity contribution in [3.63, 3.8) is 0 Å². The van der Waals surface area contributed by atoms with Gasteiger partial charge in [-0.3, -0.25) is 9.11 Å². The van der Waals surface area contributed by atoms with Crippen LogP contribution in [0.15, 0.2) is 64.4 Å². The molecule has 208 valence electrons. The van der Waals surface area contributed by atoms with Crippen molar-refractivity contribution in [3.8, 4) is 33.7 Å². The van der Waals surface area contributed by atoms with Crippen LogP contribution in [0.25, 0.3) is 32.4 Å². The van der Waals surface area contributed by atoms with E-state index in [0.29, 0.717) is 28.6 Å². The van der Waals surface area contributed by atoms with Gasteiger partial charge in [0.1, 0.15) is 27.0 Å². The lowest BCUT2D eigenvalue weighted by atomic mass is 10.1. The van der Waals surface area contributed by atoms with Crippen molar-refractivity contribution in [3.05, 3.63) is 60.2 Å². The van der Waals surface area contributed by atoms with Gasteiger partial charge in [0.25, 0.3) is 26.1 Å². The fourth-order valence-electron chi connectivity index (χ4n) is 3.94. The number of aromatic nitrogens is 5. The van der Waals surface area contributed by atoms with Gasteiger partial charge in [-0.05, 0) is 76.6 Å². The number of nitrogens with zero attached hydrogens (tertiary/aromatic N) is 5. The summed E-state index contributed by atoms with van der Waals surface area (Å²) >= 11 is 1.23. The Balaban J connectivity index is 1.78. The predicted octanol–water partition coefficient (Wildman–Crippen LogP) is 3.03. The topological polar surface area (TPSA) is 175 Å². The fraction of sp³-hybridized carbons (Fsp3) is 0.167. The summed E-state index contributed by atoms with van der Waals surface area (Å²) in [5, 5.41) is 9.23. The molecule has 5 rings (SSSR count). The zero-order valence-corrected chi connectivity index (χ0v) is 23.7. The molecule has 0 bridgehead atoms. The van der Waals surface area contributed by atoms with Crippen LogP contribution in [-0.2, 0) is 20.2 Å². The number of ether oxygens (including phenoxy) is 2. The van der Waals surface area contributed by atoms with Gasteiger partial charge in [-0.2, -0.15) is 16.8 Å². The highest BCUT2D eigenvalue weighted by Gasteiger charge is 2.30. The van der Waals surface area contributed by atoms with Gasteiger partial charge < -0.3 is 9.47 Å². The summed E-state index contributed by atoms with van der Waals surface area (Å²) in [6.45, 7) is 4.00. The van der Waals surface area contributed by atoms with Crippen molar-refractivity contribution in [2.75, 3.05) is 13.7 Å². The van der Waals surface area contributed by atoms with Crippen molar-refractivity contribution >= 4 is 41.8 Å². The van der Waals surface area contributed by atoms with Gasteiger partial charge in [0, 0.05) is 11.2 Å². The van der Waals surface area contributed by atoms with E-state index in [0.717, 1.165) is 10.8 Å². The minimum Gasteiger partial charge on any atom is -0.495 e. The SMILES string of the molecule is CCOc1ccc2nc(-[n+]3nc(-c4ccc(C)cc4S(=O)(=O)O)nn3-c3ccc(OC)c(S(=O)(=O)O)c3)sc2c1. The summed E-state index contributed by atoms with van der Waals surface area (Å²) in [6.07, 6.45) is 0. The molecule has 0 radical (unpaired) electrons. The van der Waals surface area contributed by atoms with Crippen LogP contribution < -0.4 is 14.3 Å².